The lowest BCUT2D eigenvalue weighted by Gasteiger charge is -2.30. The van der Waals surface area contributed by atoms with Crippen LogP contribution in [0.15, 0.2) is 18.2 Å². The van der Waals surface area contributed by atoms with Crippen LogP contribution in [-0.2, 0) is 10.2 Å². The van der Waals surface area contributed by atoms with Crippen molar-refractivity contribution in [3.8, 4) is 11.5 Å². The van der Waals surface area contributed by atoms with Crippen molar-refractivity contribution in [2.45, 2.75) is 45.4 Å². The third kappa shape index (κ3) is 4.70. The van der Waals surface area contributed by atoms with Crippen LogP contribution >= 0.6 is 0 Å². The summed E-state index contributed by atoms with van der Waals surface area (Å²) in [6.07, 6.45) is 2.97. The number of hydrogen-bond acceptors (Lipinski definition) is 4. The topological polar surface area (TPSA) is 59.6 Å². The third-order valence-electron chi connectivity index (χ3n) is 5.75. The van der Waals surface area contributed by atoms with Gasteiger partial charge < -0.3 is 20.1 Å². The van der Waals surface area contributed by atoms with Gasteiger partial charge in [0.25, 0.3) is 0 Å². The fraction of sp³-hybridized carbons (Fsp3) is 0.667. The van der Waals surface area contributed by atoms with Crippen LogP contribution in [0, 0.1) is 11.8 Å². The lowest BCUT2D eigenvalue weighted by molar-refractivity contribution is -0.122. The van der Waals surface area contributed by atoms with Gasteiger partial charge in [0.15, 0.2) is 11.5 Å². The van der Waals surface area contributed by atoms with Crippen molar-refractivity contribution in [3.05, 3.63) is 23.8 Å². The Hall–Kier alpha value is -1.75. The van der Waals surface area contributed by atoms with E-state index >= 15 is 0 Å². The molecule has 1 saturated heterocycles. The predicted molar refractivity (Wildman–Crippen MR) is 103 cm³/mol. The van der Waals surface area contributed by atoms with E-state index < -0.39 is 0 Å². The summed E-state index contributed by atoms with van der Waals surface area (Å²) in [5.74, 6) is 2.85. The van der Waals surface area contributed by atoms with E-state index in [1.807, 2.05) is 12.1 Å². The Morgan fingerprint density at radius 2 is 1.92 bits per heavy atom. The maximum Gasteiger partial charge on any atom is 0.220 e. The number of fused-ring (bicyclic) bond motifs is 1. The molecule has 0 bridgehead atoms. The quantitative estimate of drug-likeness (QED) is 0.819. The average Bonchev–Trinajstić information content (AvgIpc) is 2.67. The maximum absolute atomic E-state index is 12.4. The highest BCUT2D eigenvalue weighted by molar-refractivity contribution is 5.76. The van der Waals surface area contributed by atoms with Gasteiger partial charge >= 0.3 is 0 Å². The second-order valence-corrected chi connectivity index (χ2v) is 8.29. The van der Waals surface area contributed by atoms with Crippen molar-refractivity contribution in [3.63, 3.8) is 0 Å². The average molecular weight is 360 g/mol. The first-order valence-corrected chi connectivity index (χ1v) is 9.83. The highest BCUT2D eigenvalue weighted by atomic mass is 16.6. The minimum Gasteiger partial charge on any atom is -0.486 e. The summed E-state index contributed by atoms with van der Waals surface area (Å²) >= 11 is 0. The summed E-state index contributed by atoms with van der Waals surface area (Å²) in [6, 6.07) is 6.07. The van der Waals surface area contributed by atoms with Gasteiger partial charge in [0.2, 0.25) is 5.91 Å². The van der Waals surface area contributed by atoms with Crippen LogP contribution < -0.4 is 20.1 Å². The first kappa shape index (κ1) is 19.0. The number of nitrogens with one attached hydrogen (secondary N) is 2. The van der Waals surface area contributed by atoms with Crippen molar-refractivity contribution in [1.29, 1.82) is 0 Å². The molecule has 0 spiro atoms. The molecular weight excluding hydrogens is 328 g/mol. The largest absolute Gasteiger partial charge is 0.486 e. The van der Waals surface area contributed by atoms with E-state index in [0.717, 1.165) is 30.2 Å². The van der Waals surface area contributed by atoms with Crippen LogP contribution in [0.4, 0.5) is 0 Å². The molecule has 1 atom stereocenters. The second kappa shape index (κ2) is 8.30. The molecule has 3 rings (SSSR count). The summed E-state index contributed by atoms with van der Waals surface area (Å²) in [4.78, 5) is 12.4. The van der Waals surface area contributed by atoms with Crippen LogP contribution in [0.3, 0.4) is 0 Å². The zero-order valence-electron chi connectivity index (χ0n) is 16.3. The second-order valence-electron chi connectivity index (χ2n) is 8.29. The van der Waals surface area contributed by atoms with E-state index in [9.17, 15) is 4.79 Å². The fourth-order valence-corrected chi connectivity index (χ4v) is 3.83. The Morgan fingerprint density at radius 1 is 1.23 bits per heavy atom. The molecule has 5 heteroatoms. The lowest BCUT2D eigenvalue weighted by atomic mass is 9.83. The minimum atomic E-state index is -0.163. The van der Waals surface area contributed by atoms with Gasteiger partial charge in [0, 0.05) is 18.4 Å². The van der Waals surface area contributed by atoms with Gasteiger partial charge in [-0.15, -0.1) is 0 Å². The van der Waals surface area contributed by atoms with Gasteiger partial charge in [-0.2, -0.15) is 0 Å². The van der Waals surface area contributed by atoms with E-state index in [2.05, 4.69) is 37.5 Å². The monoisotopic (exact) mass is 360 g/mol. The molecule has 2 N–H and O–H groups in total. The number of piperidine rings is 1. The standard InChI is InChI=1S/C21H32N2O3/c1-15(16-6-8-22-9-7-16)12-20(24)23-14-21(2,3)17-4-5-18-19(13-17)26-11-10-25-18/h4-5,13,15-16,22H,6-12,14H2,1-3H3,(H,23,24). The maximum atomic E-state index is 12.4. The third-order valence-corrected chi connectivity index (χ3v) is 5.75. The Bertz CT molecular complexity index is 624. The molecule has 2 heterocycles. The Labute approximate surface area is 156 Å². The highest BCUT2D eigenvalue weighted by Crippen LogP contribution is 2.35. The van der Waals surface area contributed by atoms with Crippen LogP contribution in [0.2, 0.25) is 0 Å². The van der Waals surface area contributed by atoms with E-state index in [0.29, 0.717) is 38.0 Å². The Morgan fingerprint density at radius 3 is 2.65 bits per heavy atom. The number of carbonyl (C=O) groups excluding carboxylic acids is 1. The van der Waals surface area contributed by atoms with Crippen molar-refractivity contribution in [2.24, 2.45) is 11.8 Å². The number of carbonyl (C=O) groups is 1. The van der Waals surface area contributed by atoms with Gasteiger partial charge in [-0.3, -0.25) is 4.79 Å². The SMILES string of the molecule is CC(CC(=O)NCC(C)(C)c1ccc2c(c1)OCCO2)C1CCNCC1. The molecule has 26 heavy (non-hydrogen) atoms. The molecule has 2 aliphatic heterocycles. The zero-order valence-corrected chi connectivity index (χ0v) is 16.3. The lowest BCUT2D eigenvalue weighted by Crippen LogP contribution is -2.38. The van der Waals surface area contributed by atoms with Crippen LogP contribution in [-0.4, -0.2) is 38.8 Å². The van der Waals surface area contributed by atoms with Gasteiger partial charge in [0.05, 0.1) is 0 Å². The molecule has 0 aliphatic carbocycles. The predicted octanol–water partition coefficient (Wildman–Crippen LogP) is 2.88. The summed E-state index contributed by atoms with van der Waals surface area (Å²) < 4.78 is 11.3. The molecule has 1 aromatic carbocycles. The first-order valence-electron chi connectivity index (χ1n) is 9.83. The Kier molecular flexibility index (Phi) is 6.07. The Balaban J connectivity index is 1.53. The minimum absolute atomic E-state index is 0.154. The van der Waals surface area contributed by atoms with E-state index in [4.69, 9.17) is 9.47 Å². The molecule has 1 fully saturated rings. The molecule has 144 valence electrons. The fourth-order valence-electron chi connectivity index (χ4n) is 3.83. The number of ether oxygens (including phenoxy) is 2. The van der Waals surface area contributed by atoms with Gasteiger partial charge in [-0.25, -0.2) is 0 Å². The van der Waals surface area contributed by atoms with E-state index in [-0.39, 0.29) is 11.3 Å². The molecule has 1 unspecified atom stereocenters. The highest BCUT2D eigenvalue weighted by Gasteiger charge is 2.26. The van der Waals surface area contributed by atoms with Gasteiger partial charge in [0.1, 0.15) is 13.2 Å². The number of rotatable bonds is 6. The van der Waals surface area contributed by atoms with Gasteiger partial charge in [-0.1, -0.05) is 26.8 Å². The summed E-state index contributed by atoms with van der Waals surface area (Å²) in [5.41, 5.74) is 0.984. The molecule has 1 aromatic rings. The molecule has 2 aliphatic rings. The summed E-state index contributed by atoms with van der Waals surface area (Å²) in [5, 5.41) is 6.53. The van der Waals surface area contributed by atoms with Crippen LogP contribution in [0.5, 0.6) is 11.5 Å². The van der Waals surface area contributed by atoms with E-state index in [1.54, 1.807) is 0 Å². The van der Waals surface area contributed by atoms with Crippen LogP contribution in [0.1, 0.15) is 45.6 Å². The molecular formula is C21H32N2O3. The number of hydrogen-bond donors (Lipinski definition) is 2. The molecule has 0 radical (unpaired) electrons. The van der Waals surface area contributed by atoms with Gasteiger partial charge in [-0.05, 0) is 55.5 Å². The van der Waals surface area contributed by atoms with Crippen molar-refractivity contribution in [1.82, 2.24) is 10.6 Å². The van der Waals surface area contributed by atoms with Crippen molar-refractivity contribution in [2.75, 3.05) is 32.8 Å². The van der Waals surface area contributed by atoms with Crippen molar-refractivity contribution < 1.29 is 14.3 Å². The first-order chi connectivity index (χ1) is 12.5. The van der Waals surface area contributed by atoms with E-state index in [1.165, 1.54) is 12.8 Å². The molecule has 0 saturated carbocycles. The summed E-state index contributed by atoms with van der Waals surface area (Å²) in [6.45, 7) is 10.5. The zero-order chi connectivity index (χ0) is 18.6. The number of amides is 1. The summed E-state index contributed by atoms with van der Waals surface area (Å²) in [7, 11) is 0. The molecule has 0 aromatic heterocycles. The smallest absolute Gasteiger partial charge is 0.220 e. The van der Waals surface area contributed by atoms with Crippen LogP contribution in [0.25, 0.3) is 0 Å². The molecule has 1 amide bonds. The normalized spacial score (nSPS) is 19.0. The van der Waals surface area contributed by atoms with Crippen molar-refractivity contribution >= 4 is 5.91 Å². The number of benzene rings is 1. The molecule has 5 nitrogen and oxygen atoms in total.